The lowest BCUT2D eigenvalue weighted by Gasteiger charge is -2.07. The Morgan fingerprint density at radius 1 is 1.05 bits per heavy atom. The zero-order valence-corrected chi connectivity index (χ0v) is 12.0. The third-order valence-corrected chi connectivity index (χ3v) is 2.75. The number of nitrogens with two attached hydrogens (primary N) is 1. The predicted molar refractivity (Wildman–Crippen MR) is 82.8 cm³/mol. The zero-order chi connectivity index (χ0) is 16.1. The summed E-state index contributed by atoms with van der Waals surface area (Å²) in [5.74, 6) is -0.390. The topological polar surface area (TPSA) is 78.6 Å². The number of ether oxygens (including phenoxy) is 2. The molecule has 0 heterocycles. The van der Waals surface area contributed by atoms with Gasteiger partial charge in [-0.25, -0.2) is 9.59 Å². The Labute approximate surface area is 128 Å². The van der Waals surface area contributed by atoms with Crippen LogP contribution in [0.5, 0.6) is 11.5 Å². The van der Waals surface area contributed by atoms with E-state index in [0.717, 1.165) is 11.6 Å². The number of hydrogen-bond acceptors (Lipinski definition) is 5. The van der Waals surface area contributed by atoms with Crippen LogP contribution in [0.15, 0.2) is 55.1 Å². The Morgan fingerprint density at radius 2 is 1.64 bits per heavy atom. The maximum atomic E-state index is 12.1. The van der Waals surface area contributed by atoms with Crippen molar-refractivity contribution in [1.29, 1.82) is 0 Å². The van der Waals surface area contributed by atoms with Gasteiger partial charge in [0.1, 0.15) is 11.5 Å². The summed E-state index contributed by atoms with van der Waals surface area (Å²) in [5, 5.41) is 0. The van der Waals surface area contributed by atoms with Gasteiger partial charge in [-0.2, -0.15) is 0 Å². The fraction of sp³-hybridized carbons (Fsp3) is 0.0588. The van der Waals surface area contributed by atoms with E-state index < -0.39 is 11.9 Å². The van der Waals surface area contributed by atoms with Crippen LogP contribution in [0.3, 0.4) is 0 Å². The average molecular weight is 297 g/mol. The molecule has 0 bridgehead atoms. The van der Waals surface area contributed by atoms with Crippen LogP contribution >= 0.6 is 0 Å². The second-order valence-electron chi connectivity index (χ2n) is 4.62. The van der Waals surface area contributed by atoms with Gasteiger partial charge in [0.15, 0.2) is 0 Å². The van der Waals surface area contributed by atoms with Crippen molar-refractivity contribution in [1.82, 2.24) is 0 Å². The summed E-state index contributed by atoms with van der Waals surface area (Å²) >= 11 is 0. The van der Waals surface area contributed by atoms with Crippen LogP contribution in [0.1, 0.15) is 15.9 Å². The molecule has 0 amide bonds. The SMILES string of the molecule is C=CC(=O)Oc1ccc(OC(=O)c2cc(C)cc(N)c2)cc1. The lowest BCUT2D eigenvalue weighted by molar-refractivity contribution is -0.128. The van der Waals surface area contributed by atoms with Crippen LogP contribution in [-0.4, -0.2) is 11.9 Å². The number of rotatable bonds is 4. The molecule has 5 heteroatoms. The minimum Gasteiger partial charge on any atom is -0.423 e. The lowest BCUT2D eigenvalue weighted by Crippen LogP contribution is -2.09. The molecular formula is C17H15NO4. The molecular weight excluding hydrogens is 282 g/mol. The summed E-state index contributed by atoms with van der Waals surface area (Å²) in [6, 6.07) is 11.1. The summed E-state index contributed by atoms with van der Waals surface area (Å²) in [6.07, 6.45) is 1.07. The van der Waals surface area contributed by atoms with Crippen LogP contribution in [0.2, 0.25) is 0 Å². The molecule has 22 heavy (non-hydrogen) atoms. The number of hydrogen-bond donors (Lipinski definition) is 1. The Kier molecular flexibility index (Phi) is 4.58. The summed E-state index contributed by atoms with van der Waals surface area (Å²) < 4.78 is 10.2. The Bertz CT molecular complexity index is 700. The van der Waals surface area contributed by atoms with Crippen molar-refractivity contribution in [3.05, 3.63) is 66.2 Å². The first-order chi connectivity index (χ1) is 10.5. The minimum absolute atomic E-state index is 0.337. The van der Waals surface area contributed by atoms with Crippen LogP contribution in [0, 0.1) is 6.92 Å². The largest absolute Gasteiger partial charge is 0.423 e. The molecule has 0 spiro atoms. The Hall–Kier alpha value is -3.08. The van der Waals surface area contributed by atoms with E-state index in [4.69, 9.17) is 15.2 Å². The fourth-order valence-corrected chi connectivity index (χ4v) is 1.83. The van der Waals surface area contributed by atoms with Gasteiger partial charge in [0.05, 0.1) is 5.56 Å². The van der Waals surface area contributed by atoms with Gasteiger partial charge in [0.25, 0.3) is 0 Å². The van der Waals surface area contributed by atoms with Crippen LogP contribution in [0.4, 0.5) is 5.69 Å². The monoisotopic (exact) mass is 297 g/mol. The minimum atomic E-state index is -0.556. The van der Waals surface area contributed by atoms with Crippen molar-refractivity contribution in [2.75, 3.05) is 5.73 Å². The van der Waals surface area contributed by atoms with E-state index in [9.17, 15) is 9.59 Å². The van der Waals surface area contributed by atoms with E-state index in [1.165, 1.54) is 24.3 Å². The van der Waals surface area contributed by atoms with E-state index in [0.29, 0.717) is 22.7 Å². The van der Waals surface area contributed by atoms with Gasteiger partial charge >= 0.3 is 11.9 Å². The smallest absolute Gasteiger partial charge is 0.343 e. The number of aryl methyl sites for hydroxylation is 1. The molecule has 0 saturated carbocycles. The highest BCUT2D eigenvalue weighted by atomic mass is 16.5. The molecule has 0 aliphatic rings. The van der Waals surface area contributed by atoms with Crippen LogP contribution < -0.4 is 15.2 Å². The molecule has 0 atom stereocenters. The van der Waals surface area contributed by atoms with E-state index >= 15 is 0 Å². The fourth-order valence-electron chi connectivity index (χ4n) is 1.83. The third kappa shape index (κ3) is 3.96. The van der Waals surface area contributed by atoms with Gasteiger partial charge < -0.3 is 15.2 Å². The first-order valence-corrected chi connectivity index (χ1v) is 6.51. The summed E-state index contributed by atoms with van der Waals surface area (Å²) in [4.78, 5) is 23.1. The predicted octanol–water partition coefficient (Wildman–Crippen LogP) is 2.89. The van der Waals surface area contributed by atoms with E-state index in [-0.39, 0.29) is 0 Å². The standard InChI is InChI=1S/C17H15NO4/c1-3-16(19)21-14-4-6-15(7-5-14)22-17(20)12-8-11(2)9-13(18)10-12/h3-10H,1,18H2,2H3. The number of nitrogen functional groups attached to an aromatic ring is 1. The number of anilines is 1. The van der Waals surface area contributed by atoms with Gasteiger partial charge in [-0.15, -0.1) is 0 Å². The van der Waals surface area contributed by atoms with Crippen LogP contribution in [-0.2, 0) is 4.79 Å². The first kappa shape index (κ1) is 15.3. The summed E-state index contributed by atoms with van der Waals surface area (Å²) in [7, 11) is 0. The van der Waals surface area contributed by atoms with Crippen molar-refractivity contribution >= 4 is 17.6 Å². The molecule has 0 aliphatic heterocycles. The normalized spacial score (nSPS) is 9.86. The molecule has 0 aliphatic carbocycles. The Balaban J connectivity index is 2.08. The first-order valence-electron chi connectivity index (χ1n) is 6.51. The highest BCUT2D eigenvalue weighted by molar-refractivity contribution is 5.92. The molecule has 2 aromatic carbocycles. The number of esters is 2. The molecule has 0 saturated heterocycles. The van der Waals surface area contributed by atoms with E-state index in [1.807, 2.05) is 6.92 Å². The number of carbonyl (C=O) groups excluding carboxylic acids is 2. The quantitative estimate of drug-likeness (QED) is 0.406. The number of carbonyl (C=O) groups is 2. The van der Waals surface area contributed by atoms with Crippen molar-refractivity contribution < 1.29 is 19.1 Å². The molecule has 0 fully saturated rings. The summed E-state index contributed by atoms with van der Waals surface area (Å²) in [6.45, 7) is 5.15. The lowest BCUT2D eigenvalue weighted by atomic mass is 10.1. The van der Waals surface area contributed by atoms with Crippen molar-refractivity contribution in [3.8, 4) is 11.5 Å². The van der Waals surface area contributed by atoms with E-state index in [1.54, 1.807) is 18.2 Å². The van der Waals surface area contributed by atoms with Crippen LogP contribution in [0.25, 0.3) is 0 Å². The van der Waals surface area contributed by atoms with Gasteiger partial charge in [-0.05, 0) is 55.0 Å². The Morgan fingerprint density at radius 3 is 2.18 bits per heavy atom. The van der Waals surface area contributed by atoms with Gasteiger partial charge in [0.2, 0.25) is 0 Å². The molecule has 2 aromatic rings. The van der Waals surface area contributed by atoms with E-state index in [2.05, 4.69) is 6.58 Å². The third-order valence-electron chi connectivity index (χ3n) is 2.75. The molecule has 2 N–H and O–H groups in total. The molecule has 2 rings (SSSR count). The van der Waals surface area contributed by atoms with Crippen molar-refractivity contribution in [2.24, 2.45) is 0 Å². The average Bonchev–Trinajstić information content (AvgIpc) is 2.48. The highest BCUT2D eigenvalue weighted by Crippen LogP contribution is 2.20. The maximum Gasteiger partial charge on any atom is 0.343 e. The number of benzene rings is 2. The van der Waals surface area contributed by atoms with Crippen molar-refractivity contribution in [2.45, 2.75) is 6.92 Å². The second kappa shape index (κ2) is 6.58. The molecule has 112 valence electrons. The molecule has 5 nitrogen and oxygen atoms in total. The molecule has 0 radical (unpaired) electrons. The maximum absolute atomic E-state index is 12.1. The zero-order valence-electron chi connectivity index (χ0n) is 12.0. The molecule has 0 unspecified atom stereocenters. The second-order valence-corrected chi connectivity index (χ2v) is 4.62. The molecule has 0 aromatic heterocycles. The highest BCUT2D eigenvalue weighted by Gasteiger charge is 2.10. The van der Waals surface area contributed by atoms with Gasteiger partial charge in [-0.3, -0.25) is 0 Å². The summed E-state index contributed by atoms with van der Waals surface area (Å²) in [5.41, 5.74) is 7.45. The van der Waals surface area contributed by atoms with Gasteiger partial charge in [-0.1, -0.05) is 6.58 Å². The van der Waals surface area contributed by atoms with Gasteiger partial charge in [0, 0.05) is 11.8 Å². The van der Waals surface area contributed by atoms with Crippen molar-refractivity contribution in [3.63, 3.8) is 0 Å².